The number of nitrogens with one attached hydrogen (secondary N) is 2. The number of carbonyl (C=O) groups is 1. The first-order valence-corrected chi connectivity index (χ1v) is 7.12. The zero-order valence-corrected chi connectivity index (χ0v) is 12.5. The van der Waals surface area contributed by atoms with Crippen LogP contribution in [-0.2, 0) is 0 Å². The lowest BCUT2D eigenvalue weighted by Gasteiger charge is -2.09. The summed E-state index contributed by atoms with van der Waals surface area (Å²) in [5, 5.41) is 3.52. The minimum atomic E-state index is -0.316. The Morgan fingerprint density at radius 3 is 2.57 bits per heavy atom. The van der Waals surface area contributed by atoms with Crippen LogP contribution >= 0.6 is 15.9 Å². The van der Waals surface area contributed by atoms with Crippen LogP contribution in [0.2, 0.25) is 0 Å². The smallest absolute Gasteiger partial charge is 0.256 e. The van der Waals surface area contributed by atoms with Gasteiger partial charge >= 0.3 is 0 Å². The molecule has 3 rings (SSSR count). The van der Waals surface area contributed by atoms with E-state index in [9.17, 15) is 9.59 Å². The molecule has 0 aliphatic carbocycles. The molecule has 0 spiro atoms. The zero-order chi connectivity index (χ0) is 14.8. The second-order valence-corrected chi connectivity index (χ2v) is 5.38. The third kappa shape index (κ3) is 2.73. The first-order valence-electron chi connectivity index (χ1n) is 6.33. The monoisotopic (exact) mass is 342 g/mol. The van der Waals surface area contributed by atoms with E-state index in [0.717, 1.165) is 4.47 Å². The molecule has 2 N–H and O–H groups in total. The lowest BCUT2D eigenvalue weighted by atomic mass is 10.1. The fourth-order valence-corrected chi connectivity index (χ4v) is 2.53. The first-order chi connectivity index (χ1) is 10.1. The maximum absolute atomic E-state index is 12.4. The lowest BCUT2D eigenvalue weighted by molar-refractivity contribution is 0.102. The van der Waals surface area contributed by atoms with E-state index in [0.29, 0.717) is 22.2 Å². The van der Waals surface area contributed by atoms with Crippen LogP contribution in [0.5, 0.6) is 0 Å². The number of halogens is 1. The summed E-state index contributed by atoms with van der Waals surface area (Å²) in [4.78, 5) is 26.8. The molecule has 0 saturated carbocycles. The van der Waals surface area contributed by atoms with Crippen molar-refractivity contribution in [1.82, 2.24) is 4.98 Å². The number of pyridine rings is 1. The predicted octanol–water partition coefficient (Wildman–Crippen LogP) is 3.54. The molecule has 1 aromatic heterocycles. The molecule has 0 aliphatic rings. The second kappa shape index (κ2) is 5.54. The number of hydrogen-bond donors (Lipinski definition) is 2. The maximum Gasteiger partial charge on any atom is 0.256 e. The van der Waals surface area contributed by atoms with E-state index in [2.05, 4.69) is 26.2 Å². The van der Waals surface area contributed by atoms with Crippen molar-refractivity contribution in [2.75, 3.05) is 5.32 Å². The van der Waals surface area contributed by atoms with Gasteiger partial charge in [0.25, 0.3) is 5.91 Å². The van der Waals surface area contributed by atoms with Crippen LogP contribution in [0.25, 0.3) is 10.9 Å². The SMILES string of the molecule is O=C(Nc1ccccc1Br)c1cc(=O)[nH]c2ccccc12. The minimum absolute atomic E-state index is 0.300. The van der Waals surface area contributed by atoms with Gasteiger partial charge in [0.15, 0.2) is 0 Å². The Labute approximate surface area is 128 Å². The Kier molecular flexibility index (Phi) is 3.58. The van der Waals surface area contributed by atoms with Crippen molar-refractivity contribution < 1.29 is 4.79 Å². The quantitative estimate of drug-likeness (QED) is 0.748. The molecule has 0 fully saturated rings. The highest BCUT2D eigenvalue weighted by molar-refractivity contribution is 9.10. The van der Waals surface area contributed by atoms with Gasteiger partial charge in [0.1, 0.15) is 0 Å². The summed E-state index contributed by atoms with van der Waals surface area (Å²) in [5.41, 5.74) is 1.35. The van der Waals surface area contributed by atoms with E-state index >= 15 is 0 Å². The molecule has 5 heteroatoms. The molecule has 0 atom stereocenters. The Morgan fingerprint density at radius 1 is 1.05 bits per heavy atom. The van der Waals surface area contributed by atoms with Gasteiger partial charge in [0.2, 0.25) is 5.56 Å². The molecule has 3 aromatic rings. The molecular formula is C16H11BrN2O2. The molecule has 0 aliphatic heterocycles. The third-order valence-electron chi connectivity index (χ3n) is 3.12. The van der Waals surface area contributed by atoms with Gasteiger partial charge in [-0.1, -0.05) is 30.3 Å². The van der Waals surface area contributed by atoms with Crippen molar-refractivity contribution in [2.45, 2.75) is 0 Å². The van der Waals surface area contributed by atoms with E-state index < -0.39 is 0 Å². The summed E-state index contributed by atoms with van der Waals surface area (Å²) < 4.78 is 0.785. The van der Waals surface area contributed by atoms with Gasteiger partial charge in [0.05, 0.1) is 11.3 Å². The van der Waals surface area contributed by atoms with Crippen LogP contribution in [0.3, 0.4) is 0 Å². The Balaban J connectivity index is 2.06. The highest BCUT2D eigenvalue weighted by Gasteiger charge is 2.12. The van der Waals surface area contributed by atoms with E-state index in [1.807, 2.05) is 30.3 Å². The second-order valence-electron chi connectivity index (χ2n) is 4.53. The summed E-state index contributed by atoms with van der Waals surface area (Å²) in [6.07, 6.45) is 0. The van der Waals surface area contributed by atoms with Crippen molar-refractivity contribution in [3.8, 4) is 0 Å². The highest BCUT2D eigenvalue weighted by atomic mass is 79.9. The summed E-state index contributed by atoms with van der Waals surface area (Å²) in [6, 6.07) is 15.9. The topological polar surface area (TPSA) is 62.0 Å². The normalized spacial score (nSPS) is 10.5. The predicted molar refractivity (Wildman–Crippen MR) is 86.7 cm³/mol. The standard InChI is InChI=1S/C16H11BrN2O2/c17-12-6-2-4-8-14(12)19-16(21)11-9-15(20)18-13-7-3-1-5-10(11)13/h1-9H,(H,18,20)(H,19,21). The molecule has 0 bridgehead atoms. The lowest BCUT2D eigenvalue weighted by Crippen LogP contribution is -2.17. The van der Waals surface area contributed by atoms with Crippen LogP contribution in [0, 0.1) is 0 Å². The molecule has 4 nitrogen and oxygen atoms in total. The number of rotatable bonds is 2. The summed E-state index contributed by atoms with van der Waals surface area (Å²) in [7, 11) is 0. The summed E-state index contributed by atoms with van der Waals surface area (Å²) >= 11 is 3.38. The van der Waals surface area contributed by atoms with Gasteiger partial charge in [-0.05, 0) is 34.1 Å². The van der Waals surface area contributed by atoms with Crippen LogP contribution in [0.1, 0.15) is 10.4 Å². The van der Waals surface area contributed by atoms with Crippen LogP contribution in [0.15, 0.2) is 63.9 Å². The largest absolute Gasteiger partial charge is 0.322 e. The molecule has 104 valence electrons. The summed E-state index contributed by atoms with van der Waals surface area (Å²) in [6.45, 7) is 0. The molecule has 21 heavy (non-hydrogen) atoms. The van der Waals surface area contributed by atoms with Gasteiger partial charge in [0, 0.05) is 21.4 Å². The van der Waals surface area contributed by atoms with Crippen molar-refractivity contribution in [3.05, 3.63) is 75.0 Å². The Bertz CT molecular complexity index is 887. The molecule has 1 heterocycles. The fourth-order valence-electron chi connectivity index (χ4n) is 2.14. The average Bonchev–Trinajstić information content (AvgIpc) is 2.48. The van der Waals surface area contributed by atoms with Crippen molar-refractivity contribution in [1.29, 1.82) is 0 Å². The van der Waals surface area contributed by atoms with Crippen molar-refractivity contribution in [2.24, 2.45) is 0 Å². The van der Waals surface area contributed by atoms with Gasteiger partial charge in [-0.15, -0.1) is 0 Å². The number of aromatic nitrogens is 1. The number of para-hydroxylation sites is 2. The number of anilines is 1. The van der Waals surface area contributed by atoms with E-state index in [1.54, 1.807) is 18.2 Å². The first kappa shape index (κ1) is 13.6. The van der Waals surface area contributed by atoms with Crippen LogP contribution in [-0.4, -0.2) is 10.9 Å². The van der Waals surface area contributed by atoms with Crippen LogP contribution in [0.4, 0.5) is 5.69 Å². The number of fused-ring (bicyclic) bond motifs is 1. The maximum atomic E-state index is 12.4. The van der Waals surface area contributed by atoms with Crippen molar-refractivity contribution >= 4 is 38.4 Å². The molecule has 2 aromatic carbocycles. The van der Waals surface area contributed by atoms with E-state index in [1.165, 1.54) is 6.07 Å². The zero-order valence-electron chi connectivity index (χ0n) is 10.9. The number of hydrogen-bond acceptors (Lipinski definition) is 2. The number of H-pyrrole nitrogens is 1. The molecule has 1 amide bonds. The van der Waals surface area contributed by atoms with Crippen LogP contribution < -0.4 is 10.9 Å². The average molecular weight is 343 g/mol. The van der Waals surface area contributed by atoms with Crippen molar-refractivity contribution in [3.63, 3.8) is 0 Å². The molecule has 0 saturated heterocycles. The Morgan fingerprint density at radius 2 is 1.76 bits per heavy atom. The van der Waals surface area contributed by atoms with Gasteiger partial charge in [-0.2, -0.15) is 0 Å². The minimum Gasteiger partial charge on any atom is -0.322 e. The summed E-state index contributed by atoms with van der Waals surface area (Å²) in [5.74, 6) is -0.316. The van der Waals surface area contributed by atoms with Gasteiger partial charge in [-0.25, -0.2) is 0 Å². The number of amides is 1. The molecule has 0 radical (unpaired) electrons. The van der Waals surface area contributed by atoms with Gasteiger partial charge in [-0.3, -0.25) is 9.59 Å². The third-order valence-corrected chi connectivity index (χ3v) is 3.81. The number of carbonyl (C=O) groups excluding carboxylic acids is 1. The highest BCUT2D eigenvalue weighted by Crippen LogP contribution is 2.23. The van der Waals surface area contributed by atoms with E-state index in [4.69, 9.17) is 0 Å². The number of aromatic amines is 1. The molecular weight excluding hydrogens is 332 g/mol. The van der Waals surface area contributed by atoms with E-state index in [-0.39, 0.29) is 11.5 Å². The fraction of sp³-hybridized carbons (Fsp3) is 0. The molecule has 0 unspecified atom stereocenters. The van der Waals surface area contributed by atoms with Gasteiger partial charge < -0.3 is 10.3 Å². The Hall–Kier alpha value is -2.40. The number of benzene rings is 2.